The van der Waals surface area contributed by atoms with Gasteiger partial charge in [-0.1, -0.05) is 25.5 Å². The molecule has 0 saturated carbocycles. The van der Waals surface area contributed by atoms with E-state index in [2.05, 4.69) is 5.10 Å². The van der Waals surface area contributed by atoms with Crippen molar-refractivity contribution in [3.05, 3.63) is 40.7 Å². The van der Waals surface area contributed by atoms with Crippen LogP contribution < -0.4 is 5.43 Å². The molecule has 0 aliphatic carbocycles. The summed E-state index contributed by atoms with van der Waals surface area (Å²) in [6, 6.07) is 6.76. The molecule has 1 amide bonds. The minimum atomic E-state index is -3.07. The van der Waals surface area contributed by atoms with Crippen LogP contribution in [0.25, 0.3) is 10.9 Å². The minimum Gasteiger partial charge on any atom is -0.337 e. The summed E-state index contributed by atoms with van der Waals surface area (Å²) in [5.41, 5.74) is 0.414. The Hall–Kier alpha value is -2.22. The maximum Gasteiger partial charge on any atom is 0.244 e. The van der Waals surface area contributed by atoms with Gasteiger partial charge in [-0.3, -0.25) is 14.3 Å². The average molecular weight is 377 g/mol. The Balaban J connectivity index is 1.86. The molecule has 1 atom stereocenters. The number of aromatic nitrogens is 2. The molecule has 0 unspecified atom stereocenters. The molecule has 26 heavy (non-hydrogen) atoms. The molecule has 1 saturated heterocycles. The van der Waals surface area contributed by atoms with Gasteiger partial charge in [0.25, 0.3) is 0 Å². The predicted molar refractivity (Wildman–Crippen MR) is 99.7 cm³/mol. The number of hydrogen-bond acceptors (Lipinski definition) is 5. The summed E-state index contributed by atoms with van der Waals surface area (Å²) in [6.45, 7) is 2.56. The molecular weight excluding hydrogens is 354 g/mol. The van der Waals surface area contributed by atoms with E-state index in [1.165, 1.54) is 10.9 Å². The van der Waals surface area contributed by atoms with Gasteiger partial charge in [0.2, 0.25) is 11.3 Å². The lowest BCUT2D eigenvalue weighted by Gasteiger charge is -2.28. The quantitative estimate of drug-likeness (QED) is 0.755. The maximum absolute atomic E-state index is 12.9. The fraction of sp³-hybridized carbons (Fsp3) is 0.500. The molecule has 0 radical (unpaired) electrons. The highest BCUT2D eigenvalue weighted by Crippen LogP contribution is 2.19. The Kier molecular flexibility index (Phi) is 5.41. The lowest BCUT2D eigenvalue weighted by atomic mass is 10.2. The average Bonchev–Trinajstić information content (AvgIpc) is 2.97. The van der Waals surface area contributed by atoms with Crippen LogP contribution in [-0.4, -0.2) is 53.1 Å². The van der Waals surface area contributed by atoms with Crippen LogP contribution in [0.5, 0.6) is 0 Å². The van der Waals surface area contributed by atoms with Gasteiger partial charge in [-0.05, 0) is 25.0 Å². The van der Waals surface area contributed by atoms with E-state index in [4.69, 9.17) is 0 Å². The van der Waals surface area contributed by atoms with Crippen LogP contribution in [0.4, 0.5) is 0 Å². The largest absolute Gasteiger partial charge is 0.337 e. The lowest BCUT2D eigenvalue weighted by Crippen LogP contribution is -2.43. The number of fused-ring (bicyclic) bond motifs is 1. The number of amides is 1. The monoisotopic (exact) mass is 377 g/mol. The Morgan fingerprint density at radius 2 is 2.12 bits per heavy atom. The maximum atomic E-state index is 12.9. The third-order valence-corrected chi connectivity index (χ3v) is 6.52. The molecule has 140 valence electrons. The van der Waals surface area contributed by atoms with E-state index in [1.807, 2.05) is 6.92 Å². The fourth-order valence-electron chi connectivity index (χ4n) is 3.37. The number of benzene rings is 1. The molecule has 1 aromatic heterocycles. The van der Waals surface area contributed by atoms with Crippen molar-refractivity contribution in [2.75, 3.05) is 18.1 Å². The zero-order valence-electron chi connectivity index (χ0n) is 14.8. The first-order chi connectivity index (χ1) is 12.4. The van der Waals surface area contributed by atoms with Crippen molar-refractivity contribution in [1.82, 2.24) is 14.7 Å². The number of sulfone groups is 1. The van der Waals surface area contributed by atoms with Gasteiger partial charge >= 0.3 is 0 Å². The van der Waals surface area contributed by atoms with E-state index >= 15 is 0 Å². The van der Waals surface area contributed by atoms with Gasteiger partial charge in [0.15, 0.2) is 9.84 Å². The molecule has 1 aliphatic rings. The molecule has 1 aromatic carbocycles. The number of para-hydroxylation sites is 1. The van der Waals surface area contributed by atoms with Crippen LogP contribution in [0.15, 0.2) is 35.3 Å². The van der Waals surface area contributed by atoms with Crippen LogP contribution in [0.3, 0.4) is 0 Å². The number of rotatable bonds is 6. The van der Waals surface area contributed by atoms with Gasteiger partial charge in [0.05, 0.1) is 23.2 Å². The summed E-state index contributed by atoms with van der Waals surface area (Å²) >= 11 is 0. The van der Waals surface area contributed by atoms with Gasteiger partial charge in [-0.2, -0.15) is 5.10 Å². The summed E-state index contributed by atoms with van der Waals surface area (Å²) in [5.74, 6) is -0.00467. The summed E-state index contributed by atoms with van der Waals surface area (Å²) in [4.78, 5) is 26.6. The smallest absolute Gasteiger partial charge is 0.244 e. The van der Waals surface area contributed by atoms with Crippen LogP contribution >= 0.6 is 0 Å². The van der Waals surface area contributed by atoms with Crippen molar-refractivity contribution in [3.8, 4) is 0 Å². The second-order valence-electron chi connectivity index (χ2n) is 6.68. The highest BCUT2D eigenvalue weighted by molar-refractivity contribution is 7.91. The van der Waals surface area contributed by atoms with Crippen molar-refractivity contribution < 1.29 is 13.2 Å². The van der Waals surface area contributed by atoms with Gasteiger partial charge in [0.1, 0.15) is 6.54 Å². The highest BCUT2D eigenvalue weighted by atomic mass is 32.2. The Bertz CT molecular complexity index is 968. The third-order valence-electron chi connectivity index (χ3n) is 4.77. The van der Waals surface area contributed by atoms with E-state index in [1.54, 1.807) is 29.2 Å². The van der Waals surface area contributed by atoms with Crippen molar-refractivity contribution in [3.63, 3.8) is 0 Å². The normalized spacial score (nSPS) is 18.9. The van der Waals surface area contributed by atoms with Gasteiger partial charge in [0, 0.05) is 18.0 Å². The van der Waals surface area contributed by atoms with Gasteiger partial charge in [-0.25, -0.2) is 8.42 Å². The number of carbonyl (C=O) groups is 1. The topological polar surface area (TPSA) is 89.3 Å². The Morgan fingerprint density at radius 3 is 2.81 bits per heavy atom. The standard InChI is InChI=1S/C18H23N3O4S/c1-2-3-9-20(14-8-10-26(24,25)13-14)18(23)12-21-16-7-5-4-6-15(16)17(22)11-19-21/h4-7,11,14H,2-3,8-10,12-13H2,1H3/t14-/m1/s1. The molecule has 7 nitrogen and oxygen atoms in total. The van der Waals surface area contributed by atoms with Crippen molar-refractivity contribution >= 4 is 26.6 Å². The molecule has 2 aromatic rings. The minimum absolute atomic E-state index is 0.0128. The van der Waals surface area contributed by atoms with Gasteiger partial charge in [-0.15, -0.1) is 0 Å². The van der Waals surface area contributed by atoms with Crippen molar-refractivity contribution in [1.29, 1.82) is 0 Å². The lowest BCUT2D eigenvalue weighted by molar-refractivity contribution is -0.134. The van der Waals surface area contributed by atoms with Crippen LogP contribution in [0.1, 0.15) is 26.2 Å². The summed E-state index contributed by atoms with van der Waals surface area (Å²) in [6.07, 6.45) is 3.44. The first-order valence-corrected chi connectivity index (χ1v) is 10.7. The molecule has 0 bridgehead atoms. The molecule has 0 N–H and O–H groups in total. The third kappa shape index (κ3) is 3.95. The van der Waals surface area contributed by atoms with Crippen LogP contribution in [0, 0.1) is 0 Å². The van der Waals surface area contributed by atoms with Crippen molar-refractivity contribution in [2.45, 2.75) is 38.8 Å². The van der Waals surface area contributed by atoms with E-state index < -0.39 is 9.84 Å². The molecule has 1 fully saturated rings. The van der Waals surface area contributed by atoms with E-state index in [-0.39, 0.29) is 35.4 Å². The summed E-state index contributed by atoms with van der Waals surface area (Å²) < 4.78 is 25.2. The highest BCUT2D eigenvalue weighted by Gasteiger charge is 2.34. The zero-order chi connectivity index (χ0) is 18.7. The van der Waals surface area contributed by atoms with Crippen molar-refractivity contribution in [2.24, 2.45) is 0 Å². The molecular formula is C18H23N3O4S. The number of hydrogen-bond donors (Lipinski definition) is 0. The van der Waals surface area contributed by atoms with Crippen LogP contribution in [-0.2, 0) is 21.2 Å². The predicted octanol–water partition coefficient (Wildman–Crippen LogP) is 1.21. The second kappa shape index (κ2) is 7.57. The van der Waals surface area contributed by atoms with E-state index in [0.717, 1.165) is 12.8 Å². The Labute approximate surface area is 152 Å². The first-order valence-electron chi connectivity index (χ1n) is 8.86. The van der Waals surface area contributed by atoms with E-state index in [9.17, 15) is 18.0 Å². The number of carbonyl (C=O) groups excluding carboxylic acids is 1. The number of unbranched alkanes of at least 4 members (excludes halogenated alkanes) is 1. The van der Waals surface area contributed by atoms with E-state index in [0.29, 0.717) is 23.9 Å². The first kappa shape index (κ1) is 18.6. The van der Waals surface area contributed by atoms with Crippen LogP contribution in [0.2, 0.25) is 0 Å². The second-order valence-corrected chi connectivity index (χ2v) is 8.91. The molecule has 3 rings (SSSR count). The summed E-state index contributed by atoms with van der Waals surface area (Å²) in [7, 11) is -3.07. The summed E-state index contributed by atoms with van der Waals surface area (Å²) in [5, 5.41) is 4.62. The molecule has 0 spiro atoms. The number of nitrogens with zero attached hydrogens (tertiary/aromatic N) is 3. The fourth-order valence-corrected chi connectivity index (χ4v) is 5.10. The molecule has 8 heteroatoms. The zero-order valence-corrected chi connectivity index (χ0v) is 15.6. The molecule has 2 heterocycles. The Morgan fingerprint density at radius 1 is 1.35 bits per heavy atom. The van der Waals surface area contributed by atoms with Gasteiger partial charge < -0.3 is 4.90 Å². The SMILES string of the molecule is CCCCN(C(=O)Cn1ncc(=O)c2ccccc21)[C@@H]1CCS(=O)(=O)C1. The molecule has 1 aliphatic heterocycles.